The van der Waals surface area contributed by atoms with E-state index in [9.17, 15) is 18.0 Å². The van der Waals surface area contributed by atoms with Crippen LogP contribution in [-0.4, -0.2) is 28.4 Å². The number of aromatic nitrogens is 2. The first kappa shape index (κ1) is 20.5. The third kappa shape index (κ3) is 4.85. The maximum atomic E-state index is 13.2. The summed E-state index contributed by atoms with van der Waals surface area (Å²) in [5, 5.41) is 4.36. The number of thiophene rings is 1. The Bertz CT molecular complexity index is 1060. The van der Waals surface area contributed by atoms with Crippen LogP contribution in [0, 0.1) is 0 Å². The van der Waals surface area contributed by atoms with E-state index in [1.807, 2.05) is 0 Å². The van der Waals surface area contributed by atoms with E-state index < -0.39 is 11.9 Å². The van der Waals surface area contributed by atoms with Crippen LogP contribution in [-0.2, 0) is 17.5 Å². The Morgan fingerprint density at radius 1 is 1.17 bits per heavy atom. The van der Waals surface area contributed by atoms with Crippen molar-refractivity contribution < 1.29 is 27.4 Å². The number of nitrogens with one attached hydrogen (secondary N) is 1. The summed E-state index contributed by atoms with van der Waals surface area (Å²) in [5.41, 5.74) is -0.0485. The molecule has 1 aromatic carbocycles. The number of ether oxygens (including phenoxy) is 2. The summed E-state index contributed by atoms with van der Waals surface area (Å²) in [4.78, 5) is 20.5. The topological polar surface area (TPSA) is 73.3 Å². The third-order valence-electron chi connectivity index (χ3n) is 4.03. The van der Waals surface area contributed by atoms with Crippen LogP contribution in [0.1, 0.15) is 11.3 Å². The Morgan fingerprint density at radius 3 is 2.77 bits per heavy atom. The smallest absolute Gasteiger partial charge is 0.433 e. The van der Waals surface area contributed by atoms with Crippen molar-refractivity contribution in [1.29, 1.82) is 0 Å². The van der Waals surface area contributed by atoms with Crippen LogP contribution in [0.2, 0.25) is 0 Å². The van der Waals surface area contributed by atoms with E-state index in [1.54, 1.807) is 35.7 Å². The lowest BCUT2D eigenvalue weighted by atomic mass is 10.2. The molecular weight excluding hydrogens is 439 g/mol. The lowest BCUT2D eigenvalue weighted by Crippen LogP contribution is -2.24. The molecule has 1 aliphatic heterocycles. The quantitative estimate of drug-likeness (QED) is 0.442. The van der Waals surface area contributed by atoms with Crippen molar-refractivity contribution in [1.82, 2.24) is 15.3 Å². The number of thioether (sulfide) groups is 1. The molecule has 4 rings (SSSR count). The number of fused-ring (bicyclic) bond motifs is 1. The van der Waals surface area contributed by atoms with Gasteiger partial charge in [0.1, 0.15) is 5.69 Å². The van der Waals surface area contributed by atoms with Crippen molar-refractivity contribution in [3.8, 4) is 22.1 Å². The van der Waals surface area contributed by atoms with Crippen LogP contribution < -0.4 is 14.8 Å². The highest BCUT2D eigenvalue weighted by molar-refractivity contribution is 7.99. The van der Waals surface area contributed by atoms with E-state index in [2.05, 4.69) is 15.3 Å². The number of carbonyl (C=O) groups is 1. The highest BCUT2D eigenvalue weighted by Crippen LogP contribution is 2.34. The highest BCUT2D eigenvalue weighted by Gasteiger charge is 2.34. The standard InChI is InChI=1S/C19H14F3N3O3S2/c20-19(21,22)16-7-12(15-2-1-5-29-15)24-18(25-16)30-9-17(26)23-8-11-3-4-13-14(6-11)28-10-27-13/h1-7H,8-10H2,(H,23,26). The summed E-state index contributed by atoms with van der Waals surface area (Å²) in [7, 11) is 0. The lowest BCUT2D eigenvalue weighted by molar-refractivity contribution is -0.141. The van der Waals surface area contributed by atoms with E-state index in [0.717, 1.165) is 23.4 Å². The minimum Gasteiger partial charge on any atom is -0.454 e. The maximum absolute atomic E-state index is 13.2. The summed E-state index contributed by atoms with van der Waals surface area (Å²) >= 11 is 2.13. The molecular formula is C19H14F3N3O3S2. The number of benzene rings is 1. The molecule has 0 unspecified atom stereocenters. The van der Waals surface area contributed by atoms with Crippen molar-refractivity contribution in [3.63, 3.8) is 0 Å². The van der Waals surface area contributed by atoms with Crippen LogP contribution in [0.15, 0.2) is 46.9 Å². The first-order valence-corrected chi connectivity index (χ1v) is 10.5. The Kier molecular flexibility index (Phi) is 5.82. The summed E-state index contributed by atoms with van der Waals surface area (Å²) in [6.07, 6.45) is -4.61. The summed E-state index contributed by atoms with van der Waals surface area (Å²) in [6, 6.07) is 9.63. The Hall–Kier alpha value is -2.79. The molecule has 11 heteroatoms. The predicted octanol–water partition coefficient (Wildman–Crippen LogP) is 4.36. The molecule has 0 saturated carbocycles. The first-order valence-electron chi connectivity index (χ1n) is 8.67. The number of carbonyl (C=O) groups excluding carboxylic acids is 1. The molecule has 6 nitrogen and oxygen atoms in total. The summed E-state index contributed by atoms with van der Waals surface area (Å²) in [6.45, 7) is 0.409. The van der Waals surface area contributed by atoms with Crippen LogP contribution in [0.4, 0.5) is 13.2 Å². The normalized spacial score (nSPS) is 12.8. The summed E-state index contributed by atoms with van der Waals surface area (Å²) < 4.78 is 50.1. The van der Waals surface area contributed by atoms with Gasteiger partial charge in [0.2, 0.25) is 12.7 Å². The van der Waals surface area contributed by atoms with Gasteiger partial charge in [0, 0.05) is 6.54 Å². The fourth-order valence-electron chi connectivity index (χ4n) is 2.62. The van der Waals surface area contributed by atoms with Crippen LogP contribution in [0.25, 0.3) is 10.6 Å². The molecule has 30 heavy (non-hydrogen) atoms. The molecule has 0 saturated heterocycles. The van der Waals surface area contributed by atoms with Crippen molar-refractivity contribution >= 4 is 29.0 Å². The van der Waals surface area contributed by atoms with Gasteiger partial charge in [0.05, 0.1) is 16.3 Å². The number of hydrogen-bond donors (Lipinski definition) is 1. The second-order valence-electron chi connectivity index (χ2n) is 6.15. The molecule has 1 amide bonds. The van der Waals surface area contributed by atoms with Crippen molar-refractivity contribution in [3.05, 3.63) is 53.0 Å². The number of hydrogen-bond acceptors (Lipinski definition) is 7. The largest absolute Gasteiger partial charge is 0.454 e. The first-order chi connectivity index (χ1) is 14.4. The van der Waals surface area contributed by atoms with Crippen LogP contribution in [0.3, 0.4) is 0 Å². The van der Waals surface area contributed by atoms with Gasteiger partial charge in [-0.1, -0.05) is 23.9 Å². The van der Waals surface area contributed by atoms with Crippen molar-refractivity contribution in [2.75, 3.05) is 12.5 Å². The average Bonchev–Trinajstić information content (AvgIpc) is 3.41. The Balaban J connectivity index is 1.40. The molecule has 0 fully saturated rings. The van der Waals surface area contributed by atoms with Gasteiger partial charge in [-0.15, -0.1) is 11.3 Å². The molecule has 0 spiro atoms. The molecule has 1 aliphatic rings. The molecule has 2 aromatic heterocycles. The number of halogens is 3. The predicted molar refractivity (Wildman–Crippen MR) is 105 cm³/mol. The fourth-order valence-corrected chi connectivity index (χ4v) is 3.99. The van der Waals surface area contributed by atoms with E-state index >= 15 is 0 Å². The minimum absolute atomic E-state index is 0.105. The van der Waals surface area contributed by atoms with Gasteiger partial charge in [-0.05, 0) is 35.2 Å². The zero-order valence-electron chi connectivity index (χ0n) is 15.2. The van der Waals surface area contributed by atoms with Crippen molar-refractivity contribution in [2.45, 2.75) is 17.9 Å². The lowest BCUT2D eigenvalue weighted by Gasteiger charge is -2.10. The maximum Gasteiger partial charge on any atom is 0.433 e. The highest BCUT2D eigenvalue weighted by atomic mass is 32.2. The number of rotatable bonds is 6. The van der Waals surface area contributed by atoms with Gasteiger partial charge in [-0.3, -0.25) is 4.79 Å². The van der Waals surface area contributed by atoms with Gasteiger partial charge in [0.15, 0.2) is 16.7 Å². The molecule has 156 valence electrons. The van der Waals surface area contributed by atoms with E-state index in [-0.39, 0.29) is 35.8 Å². The van der Waals surface area contributed by atoms with Gasteiger partial charge in [-0.2, -0.15) is 13.2 Å². The number of alkyl halides is 3. The molecule has 1 N–H and O–H groups in total. The monoisotopic (exact) mass is 453 g/mol. The number of nitrogens with zero attached hydrogens (tertiary/aromatic N) is 2. The molecule has 0 bridgehead atoms. The van der Waals surface area contributed by atoms with E-state index in [4.69, 9.17) is 9.47 Å². The number of amides is 1. The van der Waals surface area contributed by atoms with Gasteiger partial charge in [-0.25, -0.2) is 9.97 Å². The zero-order valence-corrected chi connectivity index (χ0v) is 16.9. The van der Waals surface area contributed by atoms with Crippen molar-refractivity contribution in [2.24, 2.45) is 0 Å². The van der Waals surface area contributed by atoms with Crippen LogP contribution >= 0.6 is 23.1 Å². The second kappa shape index (κ2) is 8.52. The molecule has 3 heterocycles. The summed E-state index contributed by atoms with van der Waals surface area (Å²) in [5.74, 6) is 0.783. The van der Waals surface area contributed by atoms with E-state index in [0.29, 0.717) is 16.4 Å². The zero-order chi connectivity index (χ0) is 21.1. The second-order valence-corrected chi connectivity index (χ2v) is 8.04. The van der Waals surface area contributed by atoms with Gasteiger partial charge < -0.3 is 14.8 Å². The Morgan fingerprint density at radius 2 is 2.00 bits per heavy atom. The molecule has 3 aromatic rings. The fraction of sp³-hybridized carbons (Fsp3) is 0.211. The van der Waals surface area contributed by atoms with Gasteiger partial charge >= 0.3 is 6.18 Å². The molecule has 0 atom stereocenters. The average molecular weight is 453 g/mol. The third-order valence-corrected chi connectivity index (χ3v) is 5.77. The SMILES string of the molecule is O=C(CSc1nc(-c2cccs2)cc(C(F)(F)F)n1)NCc1ccc2c(c1)OCO2. The van der Waals surface area contributed by atoms with Gasteiger partial charge in [0.25, 0.3) is 0 Å². The molecule has 0 aliphatic carbocycles. The molecule has 0 radical (unpaired) electrons. The van der Waals surface area contributed by atoms with Crippen LogP contribution in [0.5, 0.6) is 11.5 Å². The minimum atomic E-state index is -4.61. The Labute approximate surface area is 177 Å². The van der Waals surface area contributed by atoms with E-state index in [1.165, 1.54) is 11.3 Å².